The maximum absolute atomic E-state index is 4.87. The van der Waals surface area contributed by atoms with Gasteiger partial charge in [0.05, 0.1) is 14.2 Å². The van der Waals surface area contributed by atoms with Gasteiger partial charge in [0, 0.05) is 6.92 Å². The molecule has 0 aromatic carbocycles. The Kier molecular flexibility index (Phi) is 4.37. The molecule has 0 aromatic rings. The molecule has 0 saturated carbocycles. The second kappa shape index (κ2) is 4.85. The summed E-state index contributed by atoms with van der Waals surface area (Å²) in [5.41, 5.74) is 0. The number of hydrogen-bond donors (Lipinski definition) is 0. The van der Waals surface area contributed by atoms with Gasteiger partial charge >= 0.3 is 0 Å². The summed E-state index contributed by atoms with van der Waals surface area (Å²) >= 11 is 0. The normalized spacial score (nSPS) is 13.2. The van der Waals surface area contributed by atoms with E-state index in [2.05, 4.69) is 4.99 Å². The molecular formula is C7H13NO2. The van der Waals surface area contributed by atoms with E-state index in [9.17, 15) is 0 Å². The molecule has 58 valence electrons. The molecule has 3 heteroatoms. The molecule has 0 saturated heterocycles. The molecule has 0 aliphatic rings. The van der Waals surface area contributed by atoms with Crippen LogP contribution in [-0.2, 0) is 9.47 Å². The van der Waals surface area contributed by atoms with Crippen molar-refractivity contribution in [2.75, 3.05) is 14.2 Å². The van der Waals surface area contributed by atoms with Crippen molar-refractivity contribution in [1.29, 1.82) is 0 Å². The van der Waals surface area contributed by atoms with Crippen LogP contribution in [0, 0.1) is 0 Å². The second-order valence-electron chi connectivity index (χ2n) is 1.67. The number of methoxy groups -OCH3 is 2. The molecule has 0 bridgehead atoms. The largest absolute Gasteiger partial charge is 0.484 e. The van der Waals surface area contributed by atoms with Crippen LogP contribution in [-0.4, -0.2) is 20.1 Å². The number of hydrogen-bond acceptors (Lipinski definition) is 3. The zero-order chi connectivity index (χ0) is 7.98. The summed E-state index contributed by atoms with van der Waals surface area (Å²) in [5, 5.41) is 0. The summed E-state index contributed by atoms with van der Waals surface area (Å²) in [5.74, 6) is 1.16. The SMILES string of the molecule is C/C=C(\N=C(/C)OC)OC. The monoisotopic (exact) mass is 143 g/mol. The summed E-state index contributed by atoms with van der Waals surface area (Å²) in [6.45, 7) is 3.62. The number of aliphatic imine (C=N–C) groups is 1. The predicted octanol–water partition coefficient (Wildman–Crippen LogP) is 1.56. The van der Waals surface area contributed by atoms with Crippen LogP contribution < -0.4 is 0 Å². The molecule has 0 amide bonds. The minimum absolute atomic E-state index is 0.569. The van der Waals surface area contributed by atoms with Crippen molar-refractivity contribution in [2.45, 2.75) is 13.8 Å². The minimum Gasteiger partial charge on any atom is -0.484 e. The number of rotatable bonds is 2. The first-order valence-electron chi connectivity index (χ1n) is 3.04. The quantitative estimate of drug-likeness (QED) is 0.333. The third-order valence-electron chi connectivity index (χ3n) is 1.02. The topological polar surface area (TPSA) is 30.8 Å². The number of ether oxygens (including phenoxy) is 2. The molecule has 0 rings (SSSR count). The fourth-order valence-corrected chi connectivity index (χ4v) is 0.429. The Bertz CT molecular complexity index is 150. The van der Waals surface area contributed by atoms with Gasteiger partial charge in [-0.1, -0.05) is 0 Å². The molecular weight excluding hydrogens is 130 g/mol. The van der Waals surface area contributed by atoms with E-state index >= 15 is 0 Å². The van der Waals surface area contributed by atoms with Crippen molar-refractivity contribution < 1.29 is 9.47 Å². The van der Waals surface area contributed by atoms with E-state index in [-0.39, 0.29) is 0 Å². The van der Waals surface area contributed by atoms with Gasteiger partial charge in [0.15, 0.2) is 5.90 Å². The molecule has 0 aromatic heterocycles. The van der Waals surface area contributed by atoms with Crippen LogP contribution in [0.3, 0.4) is 0 Å². The highest BCUT2D eigenvalue weighted by Crippen LogP contribution is 1.97. The lowest BCUT2D eigenvalue weighted by molar-refractivity contribution is 0.283. The van der Waals surface area contributed by atoms with E-state index in [0.29, 0.717) is 11.8 Å². The van der Waals surface area contributed by atoms with Gasteiger partial charge in [0.2, 0.25) is 5.88 Å². The van der Waals surface area contributed by atoms with Gasteiger partial charge < -0.3 is 9.47 Å². The first-order valence-corrected chi connectivity index (χ1v) is 3.04. The Morgan fingerprint density at radius 3 is 2.20 bits per heavy atom. The molecule has 0 atom stereocenters. The average molecular weight is 143 g/mol. The van der Waals surface area contributed by atoms with Crippen molar-refractivity contribution in [3.05, 3.63) is 12.0 Å². The molecule has 0 N–H and O–H groups in total. The number of nitrogens with zero attached hydrogens (tertiary/aromatic N) is 1. The van der Waals surface area contributed by atoms with Crippen molar-refractivity contribution >= 4 is 5.90 Å². The van der Waals surface area contributed by atoms with E-state index in [4.69, 9.17) is 9.47 Å². The van der Waals surface area contributed by atoms with Crippen LogP contribution in [0.25, 0.3) is 0 Å². The highest BCUT2D eigenvalue weighted by molar-refractivity contribution is 5.73. The van der Waals surface area contributed by atoms with Crippen molar-refractivity contribution in [3.8, 4) is 0 Å². The summed E-state index contributed by atoms with van der Waals surface area (Å²) in [4.78, 5) is 3.97. The van der Waals surface area contributed by atoms with Gasteiger partial charge in [-0.3, -0.25) is 0 Å². The molecule has 0 radical (unpaired) electrons. The lowest BCUT2D eigenvalue weighted by Gasteiger charge is -2.00. The van der Waals surface area contributed by atoms with Gasteiger partial charge in [-0.25, -0.2) is 0 Å². The third kappa shape index (κ3) is 3.12. The first-order chi connectivity index (χ1) is 4.74. The van der Waals surface area contributed by atoms with Crippen molar-refractivity contribution in [1.82, 2.24) is 0 Å². The summed E-state index contributed by atoms with van der Waals surface area (Å²) in [6.07, 6.45) is 1.77. The molecule has 0 spiro atoms. The lowest BCUT2D eigenvalue weighted by atomic mass is 10.6. The van der Waals surface area contributed by atoms with E-state index in [0.717, 1.165) is 0 Å². The Morgan fingerprint density at radius 1 is 1.30 bits per heavy atom. The molecule has 0 aliphatic carbocycles. The van der Waals surface area contributed by atoms with Crippen LogP contribution in [0.15, 0.2) is 17.0 Å². The van der Waals surface area contributed by atoms with Gasteiger partial charge in [-0.05, 0) is 13.0 Å². The zero-order valence-electron chi connectivity index (χ0n) is 6.84. The molecule has 0 fully saturated rings. The molecule has 3 nitrogen and oxygen atoms in total. The summed E-state index contributed by atoms with van der Waals surface area (Å²) < 4.78 is 9.68. The zero-order valence-corrected chi connectivity index (χ0v) is 6.84. The predicted molar refractivity (Wildman–Crippen MR) is 40.9 cm³/mol. The smallest absolute Gasteiger partial charge is 0.211 e. The molecule has 0 aliphatic heterocycles. The van der Waals surface area contributed by atoms with E-state index < -0.39 is 0 Å². The summed E-state index contributed by atoms with van der Waals surface area (Å²) in [7, 11) is 3.14. The fraction of sp³-hybridized carbons (Fsp3) is 0.571. The number of allylic oxidation sites excluding steroid dienone is 1. The highest BCUT2D eigenvalue weighted by atomic mass is 16.5. The van der Waals surface area contributed by atoms with Gasteiger partial charge in [-0.15, -0.1) is 0 Å². The van der Waals surface area contributed by atoms with Crippen LogP contribution in [0.1, 0.15) is 13.8 Å². The third-order valence-corrected chi connectivity index (χ3v) is 1.02. The van der Waals surface area contributed by atoms with Gasteiger partial charge in [0.25, 0.3) is 0 Å². The maximum atomic E-state index is 4.87. The van der Waals surface area contributed by atoms with E-state index in [1.54, 1.807) is 27.2 Å². The van der Waals surface area contributed by atoms with Gasteiger partial charge in [0.1, 0.15) is 0 Å². The molecule has 0 unspecified atom stereocenters. The fourth-order valence-electron chi connectivity index (χ4n) is 0.429. The van der Waals surface area contributed by atoms with E-state index in [1.165, 1.54) is 0 Å². The van der Waals surface area contributed by atoms with Crippen LogP contribution >= 0.6 is 0 Å². The Hall–Kier alpha value is -0.990. The van der Waals surface area contributed by atoms with Crippen LogP contribution in [0.2, 0.25) is 0 Å². The Balaban J connectivity index is 4.08. The lowest BCUT2D eigenvalue weighted by Crippen LogP contribution is -1.95. The van der Waals surface area contributed by atoms with Crippen LogP contribution in [0.5, 0.6) is 0 Å². The molecule has 0 heterocycles. The van der Waals surface area contributed by atoms with E-state index in [1.807, 2.05) is 6.92 Å². The first kappa shape index (κ1) is 9.01. The van der Waals surface area contributed by atoms with Crippen LogP contribution in [0.4, 0.5) is 0 Å². The van der Waals surface area contributed by atoms with Gasteiger partial charge in [-0.2, -0.15) is 4.99 Å². The van der Waals surface area contributed by atoms with Crippen molar-refractivity contribution in [2.24, 2.45) is 4.99 Å². The minimum atomic E-state index is 0.569. The molecule has 10 heavy (non-hydrogen) atoms. The van der Waals surface area contributed by atoms with Crippen molar-refractivity contribution in [3.63, 3.8) is 0 Å². The Morgan fingerprint density at radius 2 is 1.90 bits per heavy atom. The average Bonchev–Trinajstić information content (AvgIpc) is 1.99. The second-order valence-corrected chi connectivity index (χ2v) is 1.67. The summed E-state index contributed by atoms with van der Waals surface area (Å²) in [6, 6.07) is 0. The maximum Gasteiger partial charge on any atom is 0.211 e. The standard InChI is InChI=1S/C7H13NO2/c1-5-7(10-4)8-6(2)9-3/h5H,1-4H3/b7-5+,8-6+. The Labute approximate surface area is 61.4 Å². The highest BCUT2D eigenvalue weighted by Gasteiger charge is 1.90.